The topological polar surface area (TPSA) is 60.7 Å². The second kappa shape index (κ2) is 4.03. The number of rotatable bonds is 3. The first-order valence-corrected chi connectivity index (χ1v) is 4.39. The van der Waals surface area contributed by atoms with E-state index in [0.717, 1.165) is 24.8 Å². The van der Waals surface area contributed by atoms with Gasteiger partial charge in [-0.05, 0) is 30.5 Å². The molecule has 3 nitrogen and oxygen atoms in total. The Kier molecular flexibility index (Phi) is 3.01. The maximum absolute atomic E-state index is 9.17. The predicted molar refractivity (Wildman–Crippen MR) is 50.0 cm³/mol. The third-order valence-electron chi connectivity index (χ3n) is 1.95. The molecule has 0 radical (unpaired) electrons. The number of aromatic hydroxyl groups is 3. The molecule has 72 valence electrons. The Bertz CT molecular complexity index is 271. The molecular formula is C10H14O3. The molecule has 1 rings (SSSR count). The highest BCUT2D eigenvalue weighted by molar-refractivity contribution is 5.51. The van der Waals surface area contributed by atoms with Crippen LogP contribution in [0.1, 0.15) is 25.3 Å². The van der Waals surface area contributed by atoms with Crippen LogP contribution in [-0.2, 0) is 6.42 Å². The lowest BCUT2D eigenvalue weighted by molar-refractivity contribution is 0.367. The van der Waals surface area contributed by atoms with Gasteiger partial charge >= 0.3 is 0 Å². The Morgan fingerprint density at radius 2 is 1.62 bits per heavy atom. The summed E-state index contributed by atoms with van der Waals surface area (Å²) in [5, 5.41) is 27.4. The summed E-state index contributed by atoms with van der Waals surface area (Å²) < 4.78 is 0. The van der Waals surface area contributed by atoms with E-state index >= 15 is 0 Å². The lowest BCUT2D eigenvalue weighted by atomic mass is 10.1. The molecule has 0 bridgehead atoms. The minimum atomic E-state index is -0.444. The van der Waals surface area contributed by atoms with Crippen LogP contribution >= 0.6 is 0 Å². The quantitative estimate of drug-likeness (QED) is 0.627. The van der Waals surface area contributed by atoms with Crippen LogP contribution < -0.4 is 0 Å². The first-order chi connectivity index (χ1) is 6.15. The third-order valence-corrected chi connectivity index (χ3v) is 1.95. The van der Waals surface area contributed by atoms with Crippen LogP contribution in [0.25, 0.3) is 0 Å². The van der Waals surface area contributed by atoms with E-state index in [2.05, 4.69) is 6.92 Å². The van der Waals surface area contributed by atoms with Crippen LogP contribution in [0.2, 0.25) is 0 Å². The SMILES string of the molecule is CCCCc1cc(O)c(O)c(O)c1. The van der Waals surface area contributed by atoms with E-state index < -0.39 is 5.75 Å². The first kappa shape index (κ1) is 9.71. The second-order valence-electron chi connectivity index (χ2n) is 3.09. The smallest absolute Gasteiger partial charge is 0.200 e. The highest BCUT2D eigenvalue weighted by atomic mass is 16.3. The van der Waals surface area contributed by atoms with Crippen molar-refractivity contribution in [3.63, 3.8) is 0 Å². The minimum Gasteiger partial charge on any atom is -0.504 e. The van der Waals surface area contributed by atoms with Gasteiger partial charge in [0.15, 0.2) is 17.2 Å². The van der Waals surface area contributed by atoms with Gasteiger partial charge in [-0.25, -0.2) is 0 Å². The summed E-state index contributed by atoms with van der Waals surface area (Å²) in [5.74, 6) is -0.961. The lowest BCUT2D eigenvalue weighted by Gasteiger charge is -2.04. The zero-order valence-electron chi connectivity index (χ0n) is 7.62. The normalized spacial score (nSPS) is 10.2. The van der Waals surface area contributed by atoms with E-state index in [1.807, 2.05) is 0 Å². The minimum absolute atomic E-state index is 0.258. The number of hydrogen-bond acceptors (Lipinski definition) is 3. The van der Waals surface area contributed by atoms with E-state index in [1.165, 1.54) is 12.1 Å². The van der Waals surface area contributed by atoms with Crippen molar-refractivity contribution in [2.75, 3.05) is 0 Å². The van der Waals surface area contributed by atoms with Gasteiger partial charge in [-0.2, -0.15) is 0 Å². The van der Waals surface area contributed by atoms with Gasteiger partial charge in [0.25, 0.3) is 0 Å². The second-order valence-corrected chi connectivity index (χ2v) is 3.09. The molecule has 0 spiro atoms. The van der Waals surface area contributed by atoms with Gasteiger partial charge in [0, 0.05) is 0 Å². The van der Waals surface area contributed by atoms with Crippen molar-refractivity contribution in [1.82, 2.24) is 0 Å². The molecule has 0 unspecified atom stereocenters. The van der Waals surface area contributed by atoms with Crippen LogP contribution in [-0.4, -0.2) is 15.3 Å². The molecule has 0 saturated carbocycles. The molecule has 3 heteroatoms. The number of hydrogen-bond donors (Lipinski definition) is 3. The lowest BCUT2D eigenvalue weighted by Crippen LogP contribution is -1.84. The molecule has 0 atom stereocenters. The summed E-state index contributed by atoms with van der Waals surface area (Å²) in [6, 6.07) is 2.95. The summed E-state index contributed by atoms with van der Waals surface area (Å²) in [6.07, 6.45) is 2.87. The molecule has 0 heterocycles. The molecule has 3 N–H and O–H groups in total. The molecule has 0 aromatic heterocycles. The molecule has 0 aliphatic carbocycles. The Morgan fingerprint density at radius 3 is 2.08 bits per heavy atom. The fraction of sp³-hybridized carbons (Fsp3) is 0.400. The van der Waals surface area contributed by atoms with Crippen LogP contribution in [0.5, 0.6) is 17.2 Å². The highest BCUT2D eigenvalue weighted by Crippen LogP contribution is 2.35. The molecular weight excluding hydrogens is 168 g/mol. The predicted octanol–water partition coefficient (Wildman–Crippen LogP) is 2.15. The largest absolute Gasteiger partial charge is 0.504 e. The maximum Gasteiger partial charge on any atom is 0.200 e. The van der Waals surface area contributed by atoms with E-state index in [4.69, 9.17) is 5.11 Å². The fourth-order valence-corrected chi connectivity index (χ4v) is 1.19. The third kappa shape index (κ3) is 2.28. The number of aryl methyl sites for hydroxylation is 1. The van der Waals surface area contributed by atoms with Crippen molar-refractivity contribution < 1.29 is 15.3 Å². The average molecular weight is 182 g/mol. The van der Waals surface area contributed by atoms with E-state index in [0.29, 0.717) is 0 Å². The van der Waals surface area contributed by atoms with Crippen molar-refractivity contribution >= 4 is 0 Å². The van der Waals surface area contributed by atoms with Gasteiger partial charge in [0.1, 0.15) is 0 Å². The maximum atomic E-state index is 9.17. The molecule has 0 aliphatic rings. The Labute approximate surface area is 77.3 Å². The number of benzene rings is 1. The molecule has 0 amide bonds. The Morgan fingerprint density at radius 1 is 1.08 bits per heavy atom. The van der Waals surface area contributed by atoms with Crippen molar-refractivity contribution in [2.45, 2.75) is 26.2 Å². The van der Waals surface area contributed by atoms with E-state index in [1.54, 1.807) is 0 Å². The van der Waals surface area contributed by atoms with Gasteiger partial charge < -0.3 is 15.3 Å². The van der Waals surface area contributed by atoms with Crippen molar-refractivity contribution in [3.8, 4) is 17.2 Å². The number of phenols is 3. The molecule has 1 aromatic rings. The molecule has 0 fully saturated rings. The summed E-state index contributed by atoms with van der Waals surface area (Å²) in [4.78, 5) is 0. The van der Waals surface area contributed by atoms with Crippen LogP contribution in [0, 0.1) is 0 Å². The van der Waals surface area contributed by atoms with Crippen molar-refractivity contribution in [2.24, 2.45) is 0 Å². The zero-order chi connectivity index (χ0) is 9.84. The van der Waals surface area contributed by atoms with E-state index in [9.17, 15) is 10.2 Å². The van der Waals surface area contributed by atoms with Crippen molar-refractivity contribution in [1.29, 1.82) is 0 Å². The summed E-state index contributed by atoms with van der Waals surface area (Å²) in [5.41, 5.74) is 0.842. The van der Waals surface area contributed by atoms with Crippen LogP contribution in [0.15, 0.2) is 12.1 Å². The van der Waals surface area contributed by atoms with Gasteiger partial charge in [0.05, 0.1) is 0 Å². The van der Waals surface area contributed by atoms with Crippen LogP contribution in [0.3, 0.4) is 0 Å². The summed E-state index contributed by atoms with van der Waals surface area (Å²) in [6.45, 7) is 2.07. The highest BCUT2D eigenvalue weighted by Gasteiger charge is 2.07. The fourth-order valence-electron chi connectivity index (χ4n) is 1.19. The first-order valence-electron chi connectivity index (χ1n) is 4.39. The Hall–Kier alpha value is -1.38. The molecule has 13 heavy (non-hydrogen) atoms. The van der Waals surface area contributed by atoms with E-state index in [-0.39, 0.29) is 11.5 Å². The van der Waals surface area contributed by atoms with Gasteiger partial charge in [-0.1, -0.05) is 13.3 Å². The van der Waals surface area contributed by atoms with Crippen LogP contribution in [0.4, 0.5) is 0 Å². The monoisotopic (exact) mass is 182 g/mol. The molecule has 0 saturated heterocycles. The summed E-state index contributed by atoms with van der Waals surface area (Å²) >= 11 is 0. The Balaban J connectivity index is 2.86. The zero-order valence-corrected chi connectivity index (χ0v) is 7.62. The van der Waals surface area contributed by atoms with Gasteiger partial charge in [-0.3, -0.25) is 0 Å². The molecule has 1 aromatic carbocycles. The summed E-state index contributed by atoms with van der Waals surface area (Å²) in [7, 11) is 0. The molecule has 0 aliphatic heterocycles. The van der Waals surface area contributed by atoms with Gasteiger partial charge in [0.2, 0.25) is 0 Å². The number of phenolic OH excluding ortho intramolecular Hbond substituents is 3. The van der Waals surface area contributed by atoms with Gasteiger partial charge in [-0.15, -0.1) is 0 Å². The number of unbranched alkanes of at least 4 members (excludes halogenated alkanes) is 1. The van der Waals surface area contributed by atoms with Crippen molar-refractivity contribution in [3.05, 3.63) is 17.7 Å². The average Bonchev–Trinajstić information content (AvgIpc) is 2.10. The standard InChI is InChI=1S/C10H14O3/c1-2-3-4-7-5-8(11)10(13)9(12)6-7/h5-6,11-13H,2-4H2,1H3.